The lowest BCUT2D eigenvalue weighted by Gasteiger charge is -2.32. The van der Waals surface area contributed by atoms with Crippen LogP contribution in [0.1, 0.15) is 28.8 Å². The zero-order valence-corrected chi connectivity index (χ0v) is 12.8. The van der Waals surface area contributed by atoms with Crippen molar-refractivity contribution < 1.29 is 9.90 Å². The summed E-state index contributed by atoms with van der Waals surface area (Å²) in [6, 6.07) is 5.89. The van der Waals surface area contributed by atoms with Crippen LogP contribution in [-0.2, 0) is 0 Å². The number of hydrogen-bond donors (Lipinski definition) is 1. The topological polar surface area (TPSA) is 58.4 Å². The molecule has 22 heavy (non-hydrogen) atoms. The van der Waals surface area contributed by atoms with Gasteiger partial charge in [-0.25, -0.2) is 4.98 Å². The molecule has 0 aliphatic carbocycles. The monoisotopic (exact) mass is 299 g/mol. The number of carbonyl (C=O) groups is 1. The SMILES string of the molecule is Cc1ccc(-n2ccnc2)c(C(=O)N2CCCC(CO)C2)c1. The third-order valence-corrected chi connectivity index (χ3v) is 4.23. The number of rotatable bonds is 3. The van der Waals surface area contributed by atoms with E-state index in [-0.39, 0.29) is 18.4 Å². The fourth-order valence-electron chi connectivity index (χ4n) is 3.02. The molecule has 1 aromatic carbocycles. The molecule has 0 radical (unpaired) electrons. The maximum Gasteiger partial charge on any atom is 0.256 e. The van der Waals surface area contributed by atoms with E-state index >= 15 is 0 Å². The smallest absolute Gasteiger partial charge is 0.256 e. The minimum Gasteiger partial charge on any atom is -0.396 e. The van der Waals surface area contributed by atoms with Gasteiger partial charge in [0, 0.05) is 32.1 Å². The molecule has 5 heteroatoms. The molecule has 0 bridgehead atoms. The number of piperidine rings is 1. The highest BCUT2D eigenvalue weighted by molar-refractivity contribution is 5.98. The van der Waals surface area contributed by atoms with Gasteiger partial charge in [-0.3, -0.25) is 4.79 Å². The largest absolute Gasteiger partial charge is 0.396 e. The third kappa shape index (κ3) is 2.90. The van der Waals surface area contributed by atoms with Gasteiger partial charge in [0.05, 0.1) is 17.6 Å². The molecule has 2 aromatic rings. The second-order valence-corrected chi connectivity index (χ2v) is 5.93. The standard InChI is InChI=1S/C17H21N3O2/c1-13-4-5-16(20-8-6-18-12-20)15(9-13)17(22)19-7-2-3-14(10-19)11-21/h4-6,8-9,12,14,21H,2-3,7,10-11H2,1H3. The number of aliphatic hydroxyl groups excluding tert-OH is 1. The van der Waals surface area contributed by atoms with Crippen molar-refractivity contribution in [2.45, 2.75) is 19.8 Å². The van der Waals surface area contributed by atoms with Crippen molar-refractivity contribution in [3.8, 4) is 5.69 Å². The first-order valence-electron chi connectivity index (χ1n) is 7.68. The Bertz CT molecular complexity index is 652. The summed E-state index contributed by atoms with van der Waals surface area (Å²) in [5.41, 5.74) is 2.60. The summed E-state index contributed by atoms with van der Waals surface area (Å²) in [5, 5.41) is 9.36. The summed E-state index contributed by atoms with van der Waals surface area (Å²) in [6.07, 6.45) is 7.19. The van der Waals surface area contributed by atoms with Crippen molar-refractivity contribution in [3.05, 3.63) is 48.0 Å². The fourth-order valence-corrected chi connectivity index (χ4v) is 3.02. The first-order chi connectivity index (χ1) is 10.7. The van der Waals surface area contributed by atoms with Crippen molar-refractivity contribution in [1.29, 1.82) is 0 Å². The van der Waals surface area contributed by atoms with Gasteiger partial charge in [-0.2, -0.15) is 0 Å². The molecule has 3 rings (SSSR count). The summed E-state index contributed by atoms with van der Waals surface area (Å²) in [6.45, 7) is 3.52. The van der Waals surface area contributed by atoms with Crippen molar-refractivity contribution in [2.24, 2.45) is 5.92 Å². The predicted molar refractivity (Wildman–Crippen MR) is 84.0 cm³/mol. The zero-order valence-electron chi connectivity index (χ0n) is 12.8. The number of aliphatic hydroxyl groups is 1. The maximum absolute atomic E-state index is 12.9. The Hall–Kier alpha value is -2.14. The molecule has 5 nitrogen and oxygen atoms in total. The number of hydrogen-bond acceptors (Lipinski definition) is 3. The molecule has 1 N–H and O–H groups in total. The van der Waals surface area contributed by atoms with Crippen LogP contribution in [0.4, 0.5) is 0 Å². The van der Waals surface area contributed by atoms with Gasteiger partial charge in [-0.05, 0) is 37.8 Å². The van der Waals surface area contributed by atoms with Crippen LogP contribution in [0, 0.1) is 12.8 Å². The highest BCUT2D eigenvalue weighted by Gasteiger charge is 2.25. The summed E-state index contributed by atoms with van der Waals surface area (Å²) >= 11 is 0. The number of aromatic nitrogens is 2. The summed E-state index contributed by atoms with van der Waals surface area (Å²) < 4.78 is 1.86. The molecular formula is C17H21N3O2. The Balaban J connectivity index is 1.93. The van der Waals surface area contributed by atoms with E-state index in [0.717, 1.165) is 30.6 Å². The number of amides is 1. The number of benzene rings is 1. The first-order valence-corrected chi connectivity index (χ1v) is 7.68. The second kappa shape index (κ2) is 6.32. The molecule has 116 valence electrons. The predicted octanol–water partition coefficient (Wildman–Crippen LogP) is 2.03. The average Bonchev–Trinajstić information content (AvgIpc) is 3.08. The normalized spacial score (nSPS) is 18.5. The van der Waals surface area contributed by atoms with Gasteiger partial charge in [0.15, 0.2) is 0 Å². The molecule has 0 saturated carbocycles. The van der Waals surface area contributed by atoms with Crippen LogP contribution in [-0.4, -0.2) is 45.2 Å². The summed E-state index contributed by atoms with van der Waals surface area (Å²) in [7, 11) is 0. The van der Waals surface area contributed by atoms with Gasteiger partial charge in [-0.15, -0.1) is 0 Å². The van der Waals surface area contributed by atoms with E-state index in [1.165, 1.54) is 0 Å². The average molecular weight is 299 g/mol. The van der Waals surface area contributed by atoms with E-state index in [1.807, 2.05) is 40.8 Å². The molecule has 1 aromatic heterocycles. The van der Waals surface area contributed by atoms with Crippen LogP contribution in [0.5, 0.6) is 0 Å². The summed E-state index contributed by atoms with van der Waals surface area (Å²) in [5.74, 6) is 0.227. The lowest BCUT2D eigenvalue weighted by molar-refractivity contribution is 0.0620. The number of aryl methyl sites for hydroxylation is 1. The molecule has 1 aliphatic rings. The fraction of sp³-hybridized carbons (Fsp3) is 0.412. The number of likely N-dealkylation sites (tertiary alicyclic amines) is 1. The molecule has 1 fully saturated rings. The zero-order chi connectivity index (χ0) is 15.5. The van der Waals surface area contributed by atoms with Gasteiger partial charge in [0.2, 0.25) is 0 Å². The summed E-state index contributed by atoms with van der Waals surface area (Å²) in [4.78, 5) is 18.9. The molecule has 1 unspecified atom stereocenters. The van der Waals surface area contributed by atoms with E-state index in [1.54, 1.807) is 12.5 Å². The van der Waals surface area contributed by atoms with E-state index in [2.05, 4.69) is 4.98 Å². The van der Waals surface area contributed by atoms with Crippen molar-refractivity contribution >= 4 is 5.91 Å². The lowest BCUT2D eigenvalue weighted by atomic mass is 9.98. The van der Waals surface area contributed by atoms with Crippen LogP contribution in [0.3, 0.4) is 0 Å². The number of imidazole rings is 1. The van der Waals surface area contributed by atoms with Gasteiger partial charge in [0.25, 0.3) is 5.91 Å². The van der Waals surface area contributed by atoms with Gasteiger partial charge < -0.3 is 14.6 Å². The van der Waals surface area contributed by atoms with E-state index in [0.29, 0.717) is 12.1 Å². The first kappa shape index (κ1) is 14.8. The van der Waals surface area contributed by atoms with Crippen LogP contribution in [0.2, 0.25) is 0 Å². The maximum atomic E-state index is 12.9. The lowest BCUT2D eigenvalue weighted by Crippen LogP contribution is -2.41. The Morgan fingerprint density at radius 2 is 2.32 bits per heavy atom. The van der Waals surface area contributed by atoms with Gasteiger partial charge >= 0.3 is 0 Å². The molecule has 0 spiro atoms. The molecule has 1 amide bonds. The van der Waals surface area contributed by atoms with Crippen LogP contribution in [0.25, 0.3) is 5.69 Å². The molecular weight excluding hydrogens is 278 g/mol. The van der Waals surface area contributed by atoms with E-state index in [9.17, 15) is 9.90 Å². The highest BCUT2D eigenvalue weighted by Crippen LogP contribution is 2.22. The second-order valence-electron chi connectivity index (χ2n) is 5.93. The Morgan fingerprint density at radius 3 is 3.05 bits per heavy atom. The Morgan fingerprint density at radius 1 is 1.45 bits per heavy atom. The van der Waals surface area contributed by atoms with Crippen LogP contribution < -0.4 is 0 Å². The van der Waals surface area contributed by atoms with Crippen molar-refractivity contribution in [1.82, 2.24) is 14.5 Å². The number of nitrogens with zero attached hydrogens (tertiary/aromatic N) is 3. The van der Waals surface area contributed by atoms with Crippen LogP contribution >= 0.6 is 0 Å². The van der Waals surface area contributed by atoms with Gasteiger partial charge in [0.1, 0.15) is 0 Å². The van der Waals surface area contributed by atoms with Gasteiger partial charge in [-0.1, -0.05) is 11.6 Å². The number of carbonyl (C=O) groups excluding carboxylic acids is 1. The van der Waals surface area contributed by atoms with Crippen LogP contribution in [0.15, 0.2) is 36.9 Å². The minimum atomic E-state index is 0.0329. The molecule has 2 heterocycles. The van der Waals surface area contributed by atoms with Crippen molar-refractivity contribution in [3.63, 3.8) is 0 Å². The molecule has 1 aliphatic heterocycles. The molecule has 1 saturated heterocycles. The quantitative estimate of drug-likeness (QED) is 0.943. The molecule has 1 atom stereocenters. The van der Waals surface area contributed by atoms with Crippen molar-refractivity contribution in [2.75, 3.05) is 19.7 Å². The Labute approximate surface area is 130 Å². The van der Waals surface area contributed by atoms with E-state index < -0.39 is 0 Å². The van der Waals surface area contributed by atoms with E-state index in [4.69, 9.17) is 0 Å². The third-order valence-electron chi connectivity index (χ3n) is 4.23. The highest BCUT2D eigenvalue weighted by atomic mass is 16.3. The Kier molecular flexibility index (Phi) is 4.24. The minimum absolute atomic E-state index is 0.0329.